The number of para-hydroxylation sites is 1. The van der Waals surface area contributed by atoms with E-state index >= 15 is 0 Å². The summed E-state index contributed by atoms with van der Waals surface area (Å²) in [4.78, 5) is 12.3. The Kier molecular flexibility index (Phi) is 5.58. The molecule has 0 N–H and O–H groups in total. The van der Waals surface area contributed by atoms with Gasteiger partial charge in [0.15, 0.2) is 0 Å². The molecule has 0 unspecified atom stereocenters. The molecule has 2 aromatic carbocycles. The van der Waals surface area contributed by atoms with Crippen molar-refractivity contribution in [3.05, 3.63) is 64.9 Å². The third-order valence-electron chi connectivity index (χ3n) is 3.57. The van der Waals surface area contributed by atoms with E-state index in [1.807, 2.05) is 18.2 Å². The van der Waals surface area contributed by atoms with Crippen LogP contribution in [0.15, 0.2) is 52.9 Å². The van der Waals surface area contributed by atoms with Gasteiger partial charge in [0.25, 0.3) is 0 Å². The van der Waals surface area contributed by atoms with E-state index in [2.05, 4.69) is 0 Å². The average molecular weight is 361 g/mol. The molecule has 0 saturated heterocycles. The summed E-state index contributed by atoms with van der Waals surface area (Å²) in [7, 11) is 1.57. The van der Waals surface area contributed by atoms with Gasteiger partial charge in [-0.05, 0) is 30.3 Å². The van der Waals surface area contributed by atoms with Crippen LogP contribution < -0.4 is 4.74 Å². The number of fused-ring (bicyclic) bond motifs is 1. The molecular weight excluding hydrogens is 344 g/mol. The molecule has 1 heterocycles. The maximum absolute atomic E-state index is 12.3. The van der Waals surface area contributed by atoms with E-state index in [1.165, 1.54) is 0 Å². The Morgan fingerprint density at radius 2 is 1.84 bits per heavy atom. The fourth-order valence-corrected chi connectivity index (χ4v) is 2.57. The molecule has 0 aliphatic carbocycles. The van der Waals surface area contributed by atoms with Gasteiger partial charge in [-0.25, -0.2) is 4.79 Å². The lowest BCUT2D eigenvalue weighted by atomic mass is 10.1. The highest BCUT2D eigenvalue weighted by molar-refractivity contribution is 6.30. The number of carbonyl (C=O) groups is 1. The smallest absolute Gasteiger partial charge is 0.374 e. The lowest BCUT2D eigenvalue weighted by Crippen LogP contribution is -2.13. The van der Waals surface area contributed by atoms with Gasteiger partial charge in [0, 0.05) is 23.1 Å². The fourth-order valence-electron chi connectivity index (χ4n) is 2.44. The summed E-state index contributed by atoms with van der Waals surface area (Å²) in [5, 5.41) is 1.48. The number of carbonyl (C=O) groups excluding carboxylic acids is 1. The summed E-state index contributed by atoms with van der Waals surface area (Å²) in [5.74, 6) is 0.279. The standard InChI is InChI=1S/C19H17ClO5/c1-22-12-16-15-4-2-3-5-17(15)25-18(16)19(21)24-11-10-23-14-8-6-13(20)7-9-14/h2-9H,10-12H2,1H3. The minimum atomic E-state index is -0.539. The number of benzene rings is 2. The lowest BCUT2D eigenvalue weighted by Gasteiger charge is -2.07. The van der Waals surface area contributed by atoms with Crippen LogP contribution in [0, 0.1) is 0 Å². The molecule has 0 bridgehead atoms. The molecule has 0 spiro atoms. The van der Waals surface area contributed by atoms with Crippen molar-refractivity contribution >= 4 is 28.5 Å². The van der Waals surface area contributed by atoms with Crippen molar-refractivity contribution in [2.24, 2.45) is 0 Å². The number of methoxy groups -OCH3 is 1. The number of halogens is 1. The first-order valence-electron chi connectivity index (χ1n) is 7.74. The Bertz CT molecular complexity index is 854. The van der Waals surface area contributed by atoms with Gasteiger partial charge in [0.05, 0.1) is 6.61 Å². The van der Waals surface area contributed by atoms with Crippen molar-refractivity contribution in [3.8, 4) is 5.75 Å². The molecular formula is C19H17ClO5. The van der Waals surface area contributed by atoms with Crippen LogP contribution in [0.25, 0.3) is 11.0 Å². The highest BCUT2D eigenvalue weighted by atomic mass is 35.5. The lowest BCUT2D eigenvalue weighted by molar-refractivity contribution is 0.0412. The predicted octanol–water partition coefficient (Wildman–Crippen LogP) is 4.47. The molecule has 0 atom stereocenters. The second-order valence-electron chi connectivity index (χ2n) is 5.28. The van der Waals surface area contributed by atoms with E-state index in [1.54, 1.807) is 37.4 Å². The number of furan rings is 1. The topological polar surface area (TPSA) is 57.9 Å². The zero-order chi connectivity index (χ0) is 17.6. The Hall–Kier alpha value is -2.50. The van der Waals surface area contributed by atoms with E-state index in [0.29, 0.717) is 21.9 Å². The molecule has 3 aromatic rings. The van der Waals surface area contributed by atoms with Crippen molar-refractivity contribution in [2.45, 2.75) is 6.61 Å². The van der Waals surface area contributed by atoms with Gasteiger partial charge < -0.3 is 18.6 Å². The molecule has 3 rings (SSSR count). The normalized spacial score (nSPS) is 10.8. The summed E-state index contributed by atoms with van der Waals surface area (Å²) in [6.07, 6.45) is 0. The van der Waals surface area contributed by atoms with Crippen LogP contribution in [-0.4, -0.2) is 26.3 Å². The zero-order valence-corrected chi connectivity index (χ0v) is 14.4. The quantitative estimate of drug-likeness (QED) is 0.459. The molecule has 0 aliphatic heterocycles. The summed E-state index contributed by atoms with van der Waals surface area (Å²) >= 11 is 5.81. The summed E-state index contributed by atoms with van der Waals surface area (Å²) in [6, 6.07) is 14.4. The summed E-state index contributed by atoms with van der Waals surface area (Å²) in [5.41, 5.74) is 1.31. The second kappa shape index (κ2) is 8.05. The SMILES string of the molecule is COCc1c(C(=O)OCCOc2ccc(Cl)cc2)oc2ccccc12. The average Bonchev–Trinajstić information content (AvgIpc) is 2.99. The summed E-state index contributed by atoms with van der Waals surface area (Å²) in [6.45, 7) is 0.598. The van der Waals surface area contributed by atoms with Crippen LogP contribution in [-0.2, 0) is 16.1 Å². The van der Waals surface area contributed by atoms with Crippen LogP contribution in [0.3, 0.4) is 0 Å². The number of hydrogen-bond donors (Lipinski definition) is 0. The van der Waals surface area contributed by atoms with E-state index in [0.717, 1.165) is 5.39 Å². The Morgan fingerprint density at radius 1 is 1.08 bits per heavy atom. The van der Waals surface area contributed by atoms with Gasteiger partial charge in [-0.1, -0.05) is 29.8 Å². The highest BCUT2D eigenvalue weighted by Crippen LogP contribution is 2.27. The van der Waals surface area contributed by atoms with Crippen LogP contribution in [0.1, 0.15) is 16.1 Å². The first kappa shape index (κ1) is 17.3. The van der Waals surface area contributed by atoms with Crippen LogP contribution >= 0.6 is 11.6 Å². The van der Waals surface area contributed by atoms with E-state index in [-0.39, 0.29) is 25.6 Å². The monoisotopic (exact) mass is 360 g/mol. The highest BCUT2D eigenvalue weighted by Gasteiger charge is 2.21. The Morgan fingerprint density at radius 3 is 2.60 bits per heavy atom. The number of ether oxygens (including phenoxy) is 3. The van der Waals surface area contributed by atoms with Crippen LogP contribution in [0.5, 0.6) is 5.75 Å². The molecule has 25 heavy (non-hydrogen) atoms. The largest absolute Gasteiger partial charge is 0.490 e. The number of hydrogen-bond acceptors (Lipinski definition) is 5. The van der Waals surface area contributed by atoms with Gasteiger partial charge in [-0.2, -0.15) is 0 Å². The van der Waals surface area contributed by atoms with Gasteiger partial charge in [-0.3, -0.25) is 0 Å². The van der Waals surface area contributed by atoms with E-state index < -0.39 is 5.97 Å². The minimum absolute atomic E-state index is 0.102. The zero-order valence-electron chi connectivity index (χ0n) is 13.7. The Balaban J connectivity index is 1.62. The van der Waals surface area contributed by atoms with Crippen molar-refractivity contribution in [1.82, 2.24) is 0 Å². The molecule has 6 heteroatoms. The minimum Gasteiger partial charge on any atom is -0.490 e. The fraction of sp³-hybridized carbons (Fsp3) is 0.211. The molecule has 130 valence electrons. The molecule has 0 aliphatic rings. The third-order valence-corrected chi connectivity index (χ3v) is 3.82. The van der Waals surface area contributed by atoms with Gasteiger partial charge in [-0.15, -0.1) is 0 Å². The number of esters is 1. The van der Waals surface area contributed by atoms with E-state index in [4.69, 9.17) is 30.2 Å². The van der Waals surface area contributed by atoms with Crippen LogP contribution in [0.2, 0.25) is 5.02 Å². The maximum Gasteiger partial charge on any atom is 0.374 e. The van der Waals surface area contributed by atoms with Crippen molar-refractivity contribution in [2.75, 3.05) is 20.3 Å². The van der Waals surface area contributed by atoms with Gasteiger partial charge >= 0.3 is 5.97 Å². The van der Waals surface area contributed by atoms with Gasteiger partial charge in [0.2, 0.25) is 5.76 Å². The van der Waals surface area contributed by atoms with Crippen molar-refractivity contribution in [1.29, 1.82) is 0 Å². The maximum atomic E-state index is 12.3. The predicted molar refractivity (Wildman–Crippen MR) is 94.2 cm³/mol. The molecule has 5 nitrogen and oxygen atoms in total. The third kappa shape index (κ3) is 4.13. The molecule has 0 fully saturated rings. The van der Waals surface area contributed by atoms with Crippen LogP contribution in [0.4, 0.5) is 0 Å². The van der Waals surface area contributed by atoms with Gasteiger partial charge in [0.1, 0.15) is 24.5 Å². The van der Waals surface area contributed by atoms with Crippen molar-refractivity contribution < 1.29 is 23.4 Å². The molecule has 1 aromatic heterocycles. The molecule has 0 radical (unpaired) electrons. The first-order chi connectivity index (χ1) is 12.2. The Labute approximate surface area is 150 Å². The number of rotatable bonds is 7. The van der Waals surface area contributed by atoms with E-state index in [9.17, 15) is 4.79 Å². The first-order valence-corrected chi connectivity index (χ1v) is 8.11. The molecule has 0 saturated carbocycles. The summed E-state index contributed by atoms with van der Waals surface area (Å²) < 4.78 is 21.6. The second-order valence-corrected chi connectivity index (χ2v) is 5.71. The van der Waals surface area contributed by atoms with Crippen molar-refractivity contribution in [3.63, 3.8) is 0 Å². The molecule has 0 amide bonds.